The largest absolute Gasteiger partial charge is 0.437 e. The summed E-state index contributed by atoms with van der Waals surface area (Å²) < 4.78 is 6.23. The lowest BCUT2D eigenvalue weighted by atomic mass is 10.0. The Labute approximate surface area is 243 Å². The van der Waals surface area contributed by atoms with Gasteiger partial charge in [-0.1, -0.05) is 91.0 Å². The molecule has 0 bridgehead atoms. The lowest BCUT2D eigenvalue weighted by Crippen LogP contribution is -2.10. The van der Waals surface area contributed by atoms with Crippen molar-refractivity contribution in [2.75, 3.05) is 4.90 Å². The van der Waals surface area contributed by atoms with Crippen LogP contribution in [0.5, 0.6) is 0 Å². The van der Waals surface area contributed by atoms with Gasteiger partial charge in [0.15, 0.2) is 0 Å². The summed E-state index contributed by atoms with van der Waals surface area (Å²) >= 11 is 0. The monoisotopic (exact) mass is 538 g/mol. The Kier molecular flexibility index (Phi) is 5.79. The minimum atomic E-state index is 0.668. The van der Waals surface area contributed by atoms with Crippen LogP contribution in [0.15, 0.2) is 162 Å². The van der Waals surface area contributed by atoms with E-state index in [0.717, 1.165) is 44.2 Å². The first-order chi connectivity index (χ1) is 20.8. The van der Waals surface area contributed by atoms with E-state index < -0.39 is 0 Å². The summed E-state index contributed by atoms with van der Waals surface area (Å²) in [6, 6.07) is 53.5. The molecule has 8 rings (SSSR count). The van der Waals surface area contributed by atoms with Crippen molar-refractivity contribution in [1.82, 2.24) is 4.98 Å². The van der Waals surface area contributed by atoms with Crippen molar-refractivity contribution in [3.8, 4) is 22.3 Å². The number of furan rings is 1. The van der Waals surface area contributed by atoms with E-state index in [1.165, 1.54) is 22.3 Å². The number of pyridine rings is 1. The van der Waals surface area contributed by atoms with Crippen molar-refractivity contribution in [3.63, 3.8) is 0 Å². The highest BCUT2D eigenvalue weighted by Gasteiger charge is 2.16. The van der Waals surface area contributed by atoms with Crippen molar-refractivity contribution >= 4 is 49.9 Å². The Bertz CT molecular complexity index is 2180. The predicted molar refractivity (Wildman–Crippen MR) is 175 cm³/mol. The minimum absolute atomic E-state index is 0.668. The Morgan fingerprint density at radius 3 is 1.86 bits per heavy atom. The number of hydrogen-bond acceptors (Lipinski definition) is 3. The first kappa shape index (κ1) is 24.2. The zero-order chi connectivity index (χ0) is 27.9. The maximum atomic E-state index is 6.23. The molecule has 0 amide bonds. The van der Waals surface area contributed by atoms with Gasteiger partial charge in [0.1, 0.15) is 5.58 Å². The van der Waals surface area contributed by atoms with Crippen molar-refractivity contribution in [3.05, 3.63) is 158 Å². The average Bonchev–Trinajstić information content (AvgIpc) is 3.45. The number of rotatable bonds is 5. The normalized spacial score (nSPS) is 11.3. The molecule has 0 fully saturated rings. The van der Waals surface area contributed by atoms with Crippen molar-refractivity contribution in [1.29, 1.82) is 0 Å². The van der Waals surface area contributed by atoms with Crippen LogP contribution in [0.4, 0.5) is 17.1 Å². The molecule has 0 saturated heterocycles. The molecule has 0 spiro atoms. The predicted octanol–water partition coefficient (Wildman–Crippen LogP) is 10.9. The zero-order valence-corrected chi connectivity index (χ0v) is 22.8. The maximum absolute atomic E-state index is 6.23. The summed E-state index contributed by atoms with van der Waals surface area (Å²) in [4.78, 5) is 6.76. The SMILES string of the molecule is c1ccc(-c2ccc(N(c3cccc(-c4ccccc4)c3)c3ccc4c(ccc5c6cccnc6oc45)c3)cc2)cc1. The molecule has 2 aromatic heterocycles. The summed E-state index contributed by atoms with van der Waals surface area (Å²) in [6.45, 7) is 0. The third-order valence-corrected chi connectivity index (χ3v) is 7.92. The number of benzene rings is 6. The Morgan fingerprint density at radius 1 is 0.429 bits per heavy atom. The van der Waals surface area contributed by atoms with E-state index in [1.807, 2.05) is 6.07 Å². The molecule has 8 aromatic rings. The number of fused-ring (bicyclic) bond motifs is 5. The van der Waals surface area contributed by atoms with Crippen LogP contribution in [0.25, 0.3) is 55.1 Å². The number of nitrogens with zero attached hydrogens (tertiary/aromatic N) is 2. The first-order valence-electron chi connectivity index (χ1n) is 14.1. The Morgan fingerprint density at radius 2 is 1.07 bits per heavy atom. The molecule has 0 N–H and O–H groups in total. The van der Waals surface area contributed by atoms with E-state index in [9.17, 15) is 0 Å². The molecule has 0 aliphatic rings. The fourth-order valence-corrected chi connectivity index (χ4v) is 5.86. The Hall–Kier alpha value is -5.67. The molecule has 42 heavy (non-hydrogen) atoms. The van der Waals surface area contributed by atoms with E-state index in [2.05, 4.69) is 155 Å². The van der Waals surface area contributed by atoms with E-state index in [1.54, 1.807) is 6.20 Å². The van der Waals surface area contributed by atoms with Gasteiger partial charge in [0.2, 0.25) is 5.71 Å². The van der Waals surface area contributed by atoms with Gasteiger partial charge < -0.3 is 9.32 Å². The number of aromatic nitrogens is 1. The summed E-state index contributed by atoms with van der Waals surface area (Å²) in [7, 11) is 0. The van der Waals surface area contributed by atoms with E-state index in [4.69, 9.17) is 4.42 Å². The molecular weight excluding hydrogens is 512 g/mol. The van der Waals surface area contributed by atoms with Crippen LogP contribution < -0.4 is 4.90 Å². The Balaban J connectivity index is 1.28. The van der Waals surface area contributed by atoms with Gasteiger partial charge in [0, 0.05) is 39.4 Å². The van der Waals surface area contributed by atoms with E-state index in [0.29, 0.717) is 5.71 Å². The van der Waals surface area contributed by atoms with Gasteiger partial charge in [-0.05, 0) is 88.3 Å². The van der Waals surface area contributed by atoms with Gasteiger partial charge in [-0.15, -0.1) is 0 Å². The molecule has 0 saturated carbocycles. The fourth-order valence-electron chi connectivity index (χ4n) is 5.86. The van der Waals surface area contributed by atoms with Gasteiger partial charge >= 0.3 is 0 Å². The van der Waals surface area contributed by atoms with E-state index >= 15 is 0 Å². The van der Waals surface area contributed by atoms with Crippen LogP contribution in [0.2, 0.25) is 0 Å². The third kappa shape index (κ3) is 4.20. The minimum Gasteiger partial charge on any atom is -0.437 e. The zero-order valence-electron chi connectivity index (χ0n) is 22.8. The smallest absolute Gasteiger partial charge is 0.227 e. The van der Waals surface area contributed by atoms with Gasteiger partial charge in [0.05, 0.1) is 0 Å². The molecule has 0 atom stereocenters. The fraction of sp³-hybridized carbons (Fsp3) is 0. The van der Waals surface area contributed by atoms with Crippen molar-refractivity contribution in [2.24, 2.45) is 0 Å². The van der Waals surface area contributed by atoms with Crippen LogP contribution in [-0.2, 0) is 0 Å². The van der Waals surface area contributed by atoms with E-state index in [-0.39, 0.29) is 0 Å². The van der Waals surface area contributed by atoms with Crippen molar-refractivity contribution < 1.29 is 4.42 Å². The quantitative estimate of drug-likeness (QED) is 0.218. The average molecular weight is 539 g/mol. The lowest BCUT2D eigenvalue weighted by Gasteiger charge is -2.26. The van der Waals surface area contributed by atoms with Crippen LogP contribution in [0.3, 0.4) is 0 Å². The highest BCUT2D eigenvalue weighted by Crippen LogP contribution is 2.40. The van der Waals surface area contributed by atoms with Gasteiger partial charge in [-0.3, -0.25) is 0 Å². The van der Waals surface area contributed by atoms with Gasteiger partial charge in [-0.2, -0.15) is 0 Å². The molecule has 0 radical (unpaired) electrons. The number of anilines is 3. The van der Waals surface area contributed by atoms with Crippen LogP contribution >= 0.6 is 0 Å². The second kappa shape index (κ2) is 10.1. The lowest BCUT2D eigenvalue weighted by molar-refractivity contribution is 0.657. The molecular formula is C39H26N2O. The highest BCUT2D eigenvalue weighted by molar-refractivity contribution is 6.14. The summed E-state index contributed by atoms with van der Waals surface area (Å²) in [5.41, 5.74) is 9.57. The second-order valence-corrected chi connectivity index (χ2v) is 10.5. The summed E-state index contributed by atoms with van der Waals surface area (Å²) in [5, 5.41) is 4.31. The molecule has 198 valence electrons. The molecule has 0 unspecified atom stereocenters. The molecule has 3 heteroatoms. The molecule has 2 heterocycles. The summed E-state index contributed by atoms with van der Waals surface area (Å²) in [5.74, 6) is 0. The molecule has 3 nitrogen and oxygen atoms in total. The standard InChI is InChI=1S/C39H26N2O/c1-3-9-27(10-4-1)29-16-19-32(20-17-29)41(33-14-7-13-30(25-33)28-11-5-2-6-12-28)34-21-23-35-31(26-34)18-22-36-37-15-8-24-40-39(37)42-38(35)36/h1-26H. The van der Waals surface area contributed by atoms with Gasteiger partial charge in [-0.25, -0.2) is 4.98 Å². The summed E-state index contributed by atoms with van der Waals surface area (Å²) in [6.07, 6.45) is 1.77. The van der Waals surface area contributed by atoms with Crippen LogP contribution in [0, 0.1) is 0 Å². The topological polar surface area (TPSA) is 29.3 Å². The van der Waals surface area contributed by atoms with Gasteiger partial charge in [0.25, 0.3) is 0 Å². The number of hydrogen-bond donors (Lipinski definition) is 0. The van der Waals surface area contributed by atoms with Crippen LogP contribution in [0.1, 0.15) is 0 Å². The van der Waals surface area contributed by atoms with Crippen molar-refractivity contribution in [2.45, 2.75) is 0 Å². The molecule has 0 aliphatic carbocycles. The molecule has 0 aliphatic heterocycles. The second-order valence-electron chi connectivity index (χ2n) is 10.5. The first-order valence-corrected chi connectivity index (χ1v) is 14.1. The molecule has 6 aromatic carbocycles. The highest BCUT2D eigenvalue weighted by atomic mass is 16.3. The van der Waals surface area contributed by atoms with Crippen LogP contribution in [-0.4, -0.2) is 4.98 Å². The maximum Gasteiger partial charge on any atom is 0.227 e. The third-order valence-electron chi connectivity index (χ3n) is 7.92.